The van der Waals surface area contributed by atoms with E-state index in [0.717, 1.165) is 5.56 Å². The number of rotatable bonds is 8. The lowest BCUT2D eigenvalue weighted by Crippen LogP contribution is -2.41. The van der Waals surface area contributed by atoms with Gasteiger partial charge in [-0.3, -0.25) is 9.59 Å². The van der Waals surface area contributed by atoms with Crippen LogP contribution in [-0.4, -0.2) is 37.6 Å². The molecule has 0 aliphatic carbocycles. The van der Waals surface area contributed by atoms with E-state index in [9.17, 15) is 9.59 Å². The van der Waals surface area contributed by atoms with Crippen molar-refractivity contribution in [1.82, 2.24) is 10.6 Å². The van der Waals surface area contributed by atoms with Crippen LogP contribution in [0.25, 0.3) is 0 Å². The standard InChI is InChI=1S/C17H26N2O3/c1-13(2)22-11-7-10-18-16(20)17(21)19-12-14(3)15-8-5-4-6-9-15/h4-6,8-9,13-14H,7,10-12H2,1-3H3,(H,18,20)(H,19,21)/t14-/m1/s1. The van der Waals surface area contributed by atoms with E-state index in [1.54, 1.807) is 0 Å². The first-order valence-electron chi connectivity index (χ1n) is 7.73. The number of hydrogen-bond acceptors (Lipinski definition) is 3. The molecule has 2 amide bonds. The number of amides is 2. The Morgan fingerprint density at radius 3 is 2.32 bits per heavy atom. The van der Waals surface area contributed by atoms with E-state index in [-0.39, 0.29) is 12.0 Å². The maximum atomic E-state index is 11.7. The van der Waals surface area contributed by atoms with Crippen molar-refractivity contribution in [2.75, 3.05) is 19.7 Å². The minimum absolute atomic E-state index is 0.164. The Hall–Kier alpha value is -1.88. The lowest BCUT2D eigenvalue weighted by Gasteiger charge is -2.13. The molecule has 1 aromatic rings. The summed E-state index contributed by atoms with van der Waals surface area (Å²) in [6.45, 7) is 7.38. The van der Waals surface area contributed by atoms with Crippen molar-refractivity contribution < 1.29 is 14.3 Å². The van der Waals surface area contributed by atoms with Crippen molar-refractivity contribution in [3.63, 3.8) is 0 Å². The summed E-state index contributed by atoms with van der Waals surface area (Å²) in [5, 5.41) is 5.25. The first-order valence-corrected chi connectivity index (χ1v) is 7.73. The van der Waals surface area contributed by atoms with Gasteiger partial charge in [0, 0.05) is 19.7 Å². The molecule has 1 rings (SSSR count). The first-order chi connectivity index (χ1) is 10.5. The lowest BCUT2D eigenvalue weighted by atomic mass is 10.0. The van der Waals surface area contributed by atoms with Gasteiger partial charge in [-0.05, 0) is 31.7 Å². The highest BCUT2D eigenvalue weighted by molar-refractivity contribution is 6.35. The molecule has 0 bridgehead atoms. The maximum absolute atomic E-state index is 11.7. The van der Waals surface area contributed by atoms with E-state index in [4.69, 9.17) is 4.74 Å². The zero-order valence-electron chi connectivity index (χ0n) is 13.6. The molecule has 5 nitrogen and oxygen atoms in total. The van der Waals surface area contributed by atoms with Crippen molar-refractivity contribution in [2.45, 2.75) is 39.2 Å². The Morgan fingerprint density at radius 1 is 1.05 bits per heavy atom. The van der Waals surface area contributed by atoms with Crippen molar-refractivity contribution in [3.8, 4) is 0 Å². The predicted octanol–water partition coefficient (Wildman–Crippen LogP) is 1.84. The Bertz CT molecular complexity index is 460. The van der Waals surface area contributed by atoms with Gasteiger partial charge in [0.15, 0.2) is 0 Å². The van der Waals surface area contributed by atoms with Gasteiger partial charge in [0.2, 0.25) is 0 Å². The Balaban J connectivity index is 2.20. The first kappa shape index (κ1) is 18.2. The summed E-state index contributed by atoms with van der Waals surface area (Å²) in [6.07, 6.45) is 0.871. The van der Waals surface area contributed by atoms with E-state index < -0.39 is 11.8 Å². The molecule has 0 aliphatic rings. The molecular weight excluding hydrogens is 280 g/mol. The van der Waals surface area contributed by atoms with E-state index in [2.05, 4.69) is 10.6 Å². The van der Waals surface area contributed by atoms with Gasteiger partial charge in [0.1, 0.15) is 0 Å². The fourth-order valence-electron chi connectivity index (χ4n) is 1.90. The average molecular weight is 306 g/mol. The molecule has 0 fully saturated rings. The molecule has 0 unspecified atom stereocenters. The van der Waals surface area contributed by atoms with Crippen LogP contribution in [0, 0.1) is 0 Å². The Labute approximate surface area is 132 Å². The van der Waals surface area contributed by atoms with Crippen LogP contribution in [0.1, 0.15) is 38.7 Å². The predicted molar refractivity (Wildman–Crippen MR) is 86.6 cm³/mol. The molecule has 0 radical (unpaired) electrons. The number of nitrogens with one attached hydrogen (secondary N) is 2. The van der Waals surface area contributed by atoms with Gasteiger partial charge in [-0.15, -0.1) is 0 Å². The summed E-state index contributed by atoms with van der Waals surface area (Å²) >= 11 is 0. The molecule has 0 saturated carbocycles. The highest BCUT2D eigenvalue weighted by atomic mass is 16.5. The molecule has 0 saturated heterocycles. The highest BCUT2D eigenvalue weighted by Crippen LogP contribution is 2.12. The quantitative estimate of drug-likeness (QED) is 0.569. The molecule has 0 heterocycles. The van der Waals surface area contributed by atoms with Gasteiger partial charge < -0.3 is 15.4 Å². The van der Waals surface area contributed by atoms with E-state index >= 15 is 0 Å². The fourth-order valence-corrected chi connectivity index (χ4v) is 1.90. The molecule has 2 N–H and O–H groups in total. The molecular formula is C17H26N2O3. The molecule has 0 spiro atoms. The monoisotopic (exact) mass is 306 g/mol. The molecule has 22 heavy (non-hydrogen) atoms. The van der Waals surface area contributed by atoms with E-state index in [0.29, 0.717) is 26.1 Å². The second-order valence-corrected chi connectivity index (χ2v) is 5.55. The zero-order chi connectivity index (χ0) is 16.4. The normalized spacial score (nSPS) is 12.0. The smallest absolute Gasteiger partial charge is 0.309 e. The average Bonchev–Trinajstić information content (AvgIpc) is 2.52. The van der Waals surface area contributed by atoms with Gasteiger partial charge in [-0.2, -0.15) is 0 Å². The van der Waals surface area contributed by atoms with Crippen LogP contribution in [0.2, 0.25) is 0 Å². The van der Waals surface area contributed by atoms with Crippen LogP contribution >= 0.6 is 0 Å². The minimum Gasteiger partial charge on any atom is -0.379 e. The summed E-state index contributed by atoms with van der Waals surface area (Å²) in [5.74, 6) is -1.02. The molecule has 0 aromatic heterocycles. The van der Waals surface area contributed by atoms with Crippen molar-refractivity contribution in [2.24, 2.45) is 0 Å². The third kappa shape index (κ3) is 7.22. The summed E-state index contributed by atoms with van der Waals surface area (Å²) in [5.41, 5.74) is 1.13. The molecule has 5 heteroatoms. The SMILES string of the molecule is CC(C)OCCCNC(=O)C(=O)NC[C@@H](C)c1ccccc1. The third-order valence-corrected chi connectivity index (χ3v) is 3.20. The fraction of sp³-hybridized carbons (Fsp3) is 0.529. The highest BCUT2D eigenvalue weighted by Gasteiger charge is 2.14. The molecule has 122 valence electrons. The minimum atomic E-state index is -0.593. The summed E-state index contributed by atoms with van der Waals surface area (Å²) in [4.78, 5) is 23.3. The maximum Gasteiger partial charge on any atom is 0.309 e. The largest absolute Gasteiger partial charge is 0.379 e. The summed E-state index contributed by atoms with van der Waals surface area (Å²) < 4.78 is 5.36. The second kappa shape index (κ2) is 9.95. The van der Waals surface area contributed by atoms with Gasteiger partial charge in [-0.1, -0.05) is 37.3 Å². The summed E-state index contributed by atoms with van der Waals surface area (Å²) in [6, 6.07) is 9.88. The van der Waals surface area contributed by atoms with Crippen molar-refractivity contribution >= 4 is 11.8 Å². The van der Waals surface area contributed by atoms with Crippen LogP contribution < -0.4 is 10.6 Å². The third-order valence-electron chi connectivity index (χ3n) is 3.20. The number of ether oxygens (including phenoxy) is 1. The zero-order valence-corrected chi connectivity index (χ0v) is 13.6. The van der Waals surface area contributed by atoms with Crippen LogP contribution in [0.15, 0.2) is 30.3 Å². The number of carbonyl (C=O) groups excluding carboxylic acids is 2. The van der Waals surface area contributed by atoms with E-state index in [1.165, 1.54) is 0 Å². The van der Waals surface area contributed by atoms with Gasteiger partial charge >= 0.3 is 11.8 Å². The topological polar surface area (TPSA) is 67.4 Å². The number of benzene rings is 1. The van der Waals surface area contributed by atoms with Gasteiger partial charge in [0.25, 0.3) is 0 Å². The molecule has 1 atom stereocenters. The second-order valence-electron chi connectivity index (χ2n) is 5.55. The van der Waals surface area contributed by atoms with Gasteiger partial charge in [0.05, 0.1) is 6.10 Å². The van der Waals surface area contributed by atoms with Crippen LogP contribution in [0.4, 0.5) is 0 Å². The Kier molecular flexibility index (Phi) is 8.22. The Morgan fingerprint density at radius 2 is 1.68 bits per heavy atom. The lowest BCUT2D eigenvalue weighted by molar-refractivity contribution is -0.139. The van der Waals surface area contributed by atoms with Gasteiger partial charge in [-0.25, -0.2) is 0 Å². The van der Waals surface area contributed by atoms with Crippen LogP contribution in [0.3, 0.4) is 0 Å². The number of hydrogen-bond donors (Lipinski definition) is 2. The van der Waals surface area contributed by atoms with Crippen LogP contribution in [-0.2, 0) is 14.3 Å². The van der Waals surface area contributed by atoms with E-state index in [1.807, 2.05) is 51.1 Å². The number of carbonyl (C=O) groups is 2. The van der Waals surface area contributed by atoms with Crippen LogP contribution in [0.5, 0.6) is 0 Å². The van der Waals surface area contributed by atoms with Crippen molar-refractivity contribution in [3.05, 3.63) is 35.9 Å². The molecule has 1 aromatic carbocycles. The summed E-state index contributed by atoms with van der Waals surface area (Å²) in [7, 11) is 0. The molecule has 0 aliphatic heterocycles. The van der Waals surface area contributed by atoms with Crippen molar-refractivity contribution in [1.29, 1.82) is 0 Å².